The molecule has 29 heavy (non-hydrogen) atoms. The second-order valence-electron chi connectivity index (χ2n) is 7.51. The SMILES string of the molecule is Cc1cc(N2CCN(C)CC2)ccc1NC(=O)Cc1nc(-c2cccs2)oc1C. The Bertz CT molecular complexity index is 988. The van der Waals surface area contributed by atoms with Crippen molar-refractivity contribution in [3.8, 4) is 10.8 Å². The predicted octanol–water partition coefficient (Wildman–Crippen LogP) is 3.95. The lowest BCUT2D eigenvalue weighted by Crippen LogP contribution is -2.44. The number of nitrogens with zero attached hydrogens (tertiary/aromatic N) is 3. The third-order valence-electron chi connectivity index (χ3n) is 5.31. The second-order valence-corrected chi connectivity index (χ2v) is 8.46. The maximum atomic E-state index is 12.6. The van der Waals surface area contributed by atoms with Gasteiger partial charge in [-0.15, -0.1) is 11.3 Å². The number of benzene rings is 1. The van der Waals surface area contributed by atoms with E-state index >= 15 is 0 Å². The second kappa shape index (κ2) is 8.39. The van der Waals surface area contributed by atoms with Gasteiger partial charge in [0.1, 0.15) is 5.76 Å². The summed E-state index contributed by atoms with van der Waals surface area (Å²) in [6.45, 7) is 8.08. The highest BCUT2D eigenvalue weighted by molar-refractivity contribution is 7.13. The average Bonchev–Trinajstić information content (AvgIpc) is 3.34. The van der Waals surface area contributed by atoms with Crippen LogP contribution in [0.3, 0.4) is 0 Å². The highest BCUT2D eigenvalue weighted by Gasteiger charge is 2.17. The Balaban J connectivity index is 1.41. The van der Waals surface area contributed by atoms with Crippen LogP contribution in [-0.2, 0) is 11.2 Å². The van der Waals surface area contributed by atoms with Crippen LogP contribution in [-0.4, -0.2) is 49.0 Å². The van der Waals surface area contributed by atoms with Crippen molar-refractivity contribution in [2.45, 2.75) is 20.3 Å². The summed E-state index contributed by atoms with van der Waals surface area (Å²) in [5.41, 5.74) is 3.79. The lowest BCUT2D eigenvalue weighted by atomic mass is 10.1. The largest absolute Gasteiger partial charge is 0.440 e. The minimum Gasteiger partial charge on any atom is -0.440 e. The van der Waals surface area contributed by atoms with E-state index in [4.69, 9.17) is 4.42 Å². The van der Waals surface area contributed by atoms with Crippen molar-refractivity contribution in [2.24, 2.45) is 0 Å². The molecule has 3 aromatic rings. The fourth-order valence-corrected chi connectivity index (χ4v) is 4.14. The van der Waals surface area contributed by atoms with Crippen molar-refractivity contribution in [3.05, 3.63) is 52.7 Å². The fourth-order valence-electron chi connectivity index (χ4n) is 3.49. The number of hydrogen-bond acceptors (Lipinski definition) is 6. The summed E-state index contributed by atoms with van der Waals surface area (Å²) in [6, 6.07) is 10.2. The summed E-state index contributed by atoms with van der Waals surface area (Å²) in [6.07, 6.45) is 0.195. The maximum absolute atomic E-state index is 12.6. The Kier molecular flexibility index (Phi) is 5.69. The molecule has 0 saturated carbocycles. The van der Waals surface area contributed by atoms with Crippen LogP contribution in [0.1, 0.15) is 17.0 Å². The van der Waals surface area contributed by atoms with Crippen molar-refractivity contribution >= 4 is 28.6 Å². The van der Waals surface area contributed by atoms with Crippen LogP contribution in [0.25, 0.3) is 10.8 Å². The molecule has 1 N–H and O–H groups in total. The molecule has 1 saturated heterocycles. The van der Waals surface area contributed by atoms with E-state index < -0.39 is 0 Å². The van der Waals surface area contributed by atoms with Crippen LogP contribution in [0.2, 0.25) is 0 Å². The molecule has 1 aliphatic heterocycles. The first-order valence-electron chi connectivity index (χ1n) is 9.84. The molecule has 0 atom stereocenters. The van der Waals surface area contributed by atoms with Crippen molar-refractivity contribution in [1.82, 2.24) is 9.88 Å². The zero-order chi connectivity index (χ0) is 20.4. The Labute approximate surface area is 175 Å². The van der Waals surface area contributed by atoms with Crippen molar-refractivity contribution in [3.63, 3.8) is 0 Å². The maximum Gasteiger partial charge on any atom is 0.236 e. The number of anilines is 2. The summed E-state index contributed by atoms with van der Waals surface area (Å²) in [7, 11) is 2.15. The van der Waals surface area contributed by atoms with Crippen LogP contribution >= 0.6 is 11.3 Å². The van der Waals surface area contributed by atoms with Crippen molar-refractivity contribution in [1.29, 1.82) is 0 Å². The van der Waals surface area contributed by atoms with Crippen LogP contribution < -0.4 is 10.2 Å². The number of rotatable bonds is 5. The van der Waals surface area contributed by atoms with Gasteiger partial charge in [-0.1, -0.05) is 6.07 Å². The molecule has 4 rings (SSSR count). The molecule has 6 nitrogen and oxygen atoms in total. The molecule has 0 bridgehead atoms. The molecule has 0 radical (unpaired) electrons. The zero-order valence-electron chi connectivity index (χ0n) is 17.1. The zero-order valence-corrected chi connectivity index (χ0v) is 17.9. The summed E-state index contributed by atoms with van der Waals surface area (Å²) in [4.78, 5) is 22.8. The molecule has 0 aliphatic carbocycles. The highest BCUT2D eigenvalue weighted by atomic mass is 32.1. The Morgan fingerprint density at radius 2 is 2.00 bits per heavy atom. The Morgan fingerprint density at radius 3 is 2.69 bits per heavy atom. The van der Waals surface area contributed by atoms with Gasteiger partial charge >= 0.3 is 0 Å². The van der Waals surface area contributed by atoms with E-state index in [9.17, 15) is 4.79 Å². The van der Waals surface area contributed by atoms with Gasteiger partial charge in [-0.25, -0.2) is 4.98 Å². The molecular weight excluding hydrogens is 384 g/mol. The standard InChI is InChI=1S/C22H26N4O2S/c1-15-13-17(26-10-8-25(3)9-11-26)6-7-18(15)23-21(27)14-19-16(2)28-22(24-19)20-5-4-12-29-20/h4-7,12-13H,8-11,14H2,1-3H3,(H,23,27). The van der Waals surface area contributed by atoms with E-state index in [0.717, 1.165) is 42.3 Å². The lowest BCUT2D eigenvalue weighted by molar-refractivity contribution is -0.115. The number of piperazine rings is 1. The number of amides is 1. The molecule has 7 heteroatoms. The van der Waals surface area contributed by atoms with Crippen molar-refractivity contribution in [2.75, 3.05) is 43.4 Å². The topological polar surface area (TPSA) is 61.6 Å². The van der Waals surface area contributed by atoms with Gasteiger partial charge in [-0.3, -0.25) is 4.79 Å². The third-order valence-corrected chi connectivity index (χ3v) is 6.16. The van der Waals surface area contributed by atoms with E-state index in [0.29, 0.717) is 17.3 Å². The average molecular weight is 411 g/mol. The van der Waals surface area contributed by atoms with Crippen LogP contribution in [0, 0.1) is 13.8 Å². The van der Waals surface area contributed by atoms with E-state index in [1.54, 1.807) is 11.3 Å². The number of carbonyl (C=O) groups is 1. The summed E-state index contributed by atoms with van der Waals surface area (Å²) in [5, 5.41) is 5.00. The number of aryl methyl sites for hydroxylation is 2. The quantitative estimate of drug-likeness (QED) is 0.690. The van der Waals surface area contributed by atoms with Gasteiger partial charge in [0.15, 0.2) is 0 Å². The molecular formula is C22H26N4O2S. The molecule has 0 spiro atoms. The van der Waals surface area contributed by atoms with Gasteiger partial charge in [0.25, 0.3) is 0 Å². The minimum absolute atomic E-state index is 0.0884. The monoisotopic (exact) mass is 410 g/mol. The minimum atomic E-state index is -0.0884. The summed E-state index contributed by atoms with van der Waals surface area (Å²) in [5.74, 6) is 1.17. The number of hydrogen-bond donors (Lipinski definition) is 1. The van der Waals surface area contributed by atoms with Gasteiger partial charge in [0, 0.05) is 37.6 Å². The van der Waals surface area contributed by atoms with Gasteiger partial charge < -0.3 is 19.5 Å². The van der Waals surface area contributed by atoms with Gasteiger partial charge in [-0.05, 0) is 56.1 Å². The normalized spacial score (nSPS) is 14.9. The number of likely N-dealkylation sites (N-methyl/N-ethyl adjacent to an activating group) is 1. The molecule has 2 aromatic heterocycles. The highest BCUT2D eigenvalue weighted by Crippen LogP contribution is 2.27. The predicted molar refractivity (Wildman–Crippen MR) is 118 cm³/mol. The van der Waals surface area contributed by atoms with Crippen LogP contribution in [0.5, 0.6) is 0 Å². The number of oxazole rings is 1. The van der Waals surface area contributed by atoms with Crippen molar-refractivity contribution < 1.29 is 9.21 Å². The van der Waals surface area contributed by atoms with E-state index in [-0.39, 0.29) is 12.3 Å². The molecule has 0 unspecified atom stereocenters. The third kappa shape index (κ3) is 4.52. The molecule has 1 amide bonds. The van der Waals surface area contributed by atoms with Crippen LogP contribution in [0.4, 0.5) is 11.4 Å². The van der Waals surface area contributed by atoms with E-state index in [2.05, 4.69) is 39.3 Å². The first kappa shape index (κ1) is 19.7. The van der Waals surface area contributed by atoms with Crippen LogP contribution in [0.15, 0.2) is 40.1 Å². The molecule has 1 aliphatic rings. The smallest absolute Gasteiger partial charge is 0.236 e. The van der Waals surface area contributed by atoms with E-state index in [1.807, 2.05) is 37.4 Å². The summed E-state index contributed by atoms with van der Waals surface area (Å²) < 4.78 is 5.73. The number of thiophene rings is 1. The molecule has 1 aromatic carbocycles. The van der Waals surface area contributed by atoms with E-state index in [1.165, 1.54) is 5.69 Å². The van der Waals surface area contributed by atoms with Gasteiger partial charge in [-0.2, -0.15) is 0 Å². The first-order valence-corrected chi connectivity index (χ1v) is 10.7. The number of aromatic nitrogens is 1. The summed E-state index contributed by atoms with van der Waals surface area (Å²) >= 11 is 1.57. The van der Waals surface area contributed by atoms with Gasteiger partial charge in [0.05, 0.1) is 17.0 Å². The fraction of sp³-hybridized carbons (Fsp3) is 0.364. The molecule has 152 valence electrons. The molecule has 3 heterocycles. The lowest BCUT2D eigenvalue weighted by Gasteiger charge is -2.34. The number of carbonyl (C=O) groups excluding carboxylic acids is 1. The van der Waals surface area contributed by atoms with Gasteiger partial charge in [0.2, 0.25) is 11.8 Å². The Hall–Kier alpha value is -2.64. The first-order chi connectivity index (χ1) is 14.0. The molecule has 1 fully saturated rings. The Morgan fingerprint density at radius 1 is 1.21 bits per heavy atom. The number of nitrogens with one attached hydrogen (secondary N) is 1.